The van der Waals surface area contributed by atoms with Crippen LogP contribution in [0.2, 0.25) is 0 Å². The van der Waals surface area contributed by atoms with Crippen molar-refractivity contribution >= 4 is 21.9 Å². The molecule has 1 fully saturated rings. The summed E-state index contributed by atoms with van der Waals surface area (Å²) in [5.41, 5.74) is 2.41. The van der Waals surface area contributed by atoms with Gasteiger partial charge in [0.15, 0.2) is 0 Å². The number of benzene rings is 2. The molecule has 0 aromatic heterocycles. The van der Waals surface area contributed by atoms with Crippen LogP contribution in [0.5, 0.6) is 0 Å². The van der Waals surface area contributed by atoms with Crippen LogP contribution in [0.25, 0.3) is 0 Å². The minimum absolute atomic E-state index is 0.103. The molecular formula is C19H20BrNO2. The van der Waals surface area contributed by atoms with E-state index < -0.39 is 5.97 Å². The first-order valence-electron chi connectivity index (χ1n) is 7.92. The van der Waals surface area contributed by atoms with Gasteiger partial charge in [0.1, 0.15) is 0 Å². The van der Waals surface area contributed by atoms with Crippen LogP contribution in [0.4, 0.5) is 0 Å². The highest BCUT2D eigenvalue weighted by Crippen LogP contribution is 2.33. The minimum atomic E-state index is -0.683. The summed E-state index contributed by atoms with van der Waals surface area (Å²) in [6, 6.07) is 18.8. The number of likely N-dealkylation sites (tertiary alicyclic amines) is 1. The molecule has 3 nitrogen and oxygen atoms in total. The van der Waals surface area contributed by atoms with Crippen molar-refractivity contribution in [2.24, 2.45) is 5.92 Å². The second kappa shape index (κ2) is 7.28. The molecule has 0 bridgehead atoms. The Hall–Kier alpha value is -1.65. The quantitative estimate of drug-likeness (QED) is 0.866. The molecule has 120 valence electrons. The number of rotatable bonds is 4. The molecule has 2 aromatic rings. The average molecular weight is 374 g/mol. The fraction of sp³-hybridized carbons (Fsp3) is 0.316. The van der Waals surface area contributed by atoms with Gasteiger partial charge in [0.25, 0.3) is 0 Å². The maximum Gasteiger partial charge on any atom is 0.307 e. The lowest BCUT2D eigenvalue weighted by atomic mass is 9.91. The number of carbonyl (C=O) groups is 1. The highest BCUT2D eigenvalue weighted by atomic mass is 79.9. The Morgan fingerprint density at radius 2 is 1.74 bits per heavy atom. The van der Waals surface area contributed by atoms with Crippen LogP contribution in [0, 0.1) is 5.92 Å². The summed E-state index contributed by atoms with van der Waals surface area (Å²) in [5.74, 6) is -0.956. The number of halogens is 1. The highest BCUT2D eigenvalue weighted by molar-refractivity contribution is 9.10. The molecule has 2 atom stereocenters. The topological polar surface area (TPSA) is 40.5 Å². The summed E-state index contributed by atoms with van der Waals surface area (Å²) in [5, 5.41) is 9.38. The second-order valence-corrected chi connectivity index (χ2v) is 6.95. The number of hydrogen-bond acceptors (Lipinski definition) is 2. The lowest BCUT2D eigenvalue weighted by Crippen LogP contribution is -2.41. The van der Waals surface area contributed by atoms with Crippen LogP contribution in [-0.4, -0.2) is 29.1 Å². The fourth-order valence-corrected chi connectivity index (χ4v) is 3.60. The fourth-order valence-electron chi connectivity index (χ4n) is 3.34. The molecule has 2 unspecified atom stereocenters. The van der Waals surface area contributed by atoms with Gasteiger partial charge >= 0.3 is 5.97 Å². The van der Waals surface area contributed by atoms with E-state index in [1.807, 2.05) is 30.3 Å². The van der Waals surface area contributed by atoms with Crippen molar-refractivity contribution in [3.63, 3.8) is 0 Å². The van der Waals surface area contributed by atoms with Crippen molar-refractivity contribution in [3.8, 4) is 0 Å². The zero-order valence-corrected chi connectivity index (χ0v) is 14.4. The molecular weight excluding hydrogens is 354 g/mol. The van der Waals surface area contributed by atoms with Crippen LogP contribution in [0.15, 0.2) is 59.1 Å². The van der Waals surface area contributed by atoms with E-state index in [1.165, 1.54) is 11.1 Å². The SMILES string of the molecule is O=C(O)C1CCCN(C(c2ccccc2)c2ccc(Br)cc2)C1. The Balaban J connectivity index is 1.95. The third-order valence-electron chi connectivity index (χ3n) is 4.47. The van der Waals surface area contributed by atoms with Crippen LogP contribution in [0.1, 0.15) is 30.0 Å². The van der Waals surface area contributed by atoms with Crippen molar-refractivity contribution < 1.29 is 9.90 Å². The van der Waals surface area contributed by atoms with E-state index >= 15 is 0 Å². The van der Waals surface area contributed by atoms with Crippen LogP contribution >= 0.6 is 15.9 Å². The van der Waals surface area contributed by atoms with Gasteiger partial charge in [-0.2, -0.15) is 0 Å². The Morgan fingerprint density at radius 1 is 1.09 bits per heavy atom. The average Bonchev–Trinajstić information content (AvgIpc) is 2.58. The van der Waals surface area contributed by atoms with Gasteiger partial charge in [0, 0.05) is 11.0 Å². The lowest BCUT2D eigenvalue weighted by molar-refractivity contribution is -0.143. The molecule has 23 heavy (non-hydrogen) atoms. The van der Waals surface area contributed by atoms with Gasteiger partial charge in [0.05, 0.1) is 12.0 Å². The van der Waals surface area contributed by atoms with Gasteiger partial charge in [-0.15, -0.1) is 0 Å². The summed E-state index contributed by atoms with van der Waals surface area (Å²) in [6.45, 7) is 1.53. The summed E-state index contributed by atoms with van der Waals surface area (Å²) >= 11 is 3.48. The normalized spacial score (nSPS) is 20.1. The maximum atomic E-state index is 11.4. The van der Waals surface area contributed by atoms with Crippen molar-refractivity contribution in [1.29, 1.82) is 0 Å². The number of hydrogen-bond donors (Lipinski definition) is 1. The summed E-state index contributed by atoms with van der Waals surface area (Å²) < 4.78 is 1.05. The number of carboxylic acid groups (broad SMARTS) is 1. The van der Waals surface area contributed by atoms with E-state index in [0.29, 0.717) is 6.54 Å². The molecule has 0 spiro atoms. The van der Waals surface area contributed by atoms with Crippen molar-refractivity contribution in [3.05, 3.63) is 70.2 Å². The number of piperidine rings is 1. The zero-order chi connectivity index (χ0) is 16.2. The van der Waals surface area contributed by atoms with E-state index in [4.69, 9.17) is 0 Å². The summed E-state index contributed by atoms with van der Waals surface area (Å²) in [6.07, 6.45) is 1.70. The van der Waals surface area contributed by atoms with Gasteiger partial charge in [-0.1, -0.05) is 58.4 Å². The van der Waals surface area contributed by atoms with Gasteiger partial charge < -0.3 is 5.11 Å². The van der Waals surface area contributed by atoms with Crippen LogP contribution < -0.4 is 0 Å². The van der Waals surface area contributed by atoms with Crippen molar-refractivity contribution in [1.82, 2.24) is 4.90 Å². The Morgan fingerprint density at radius 3 is 2.39 bits per heavy atom. The maximum absolute atomic E-state index is 11.4. The van der Waals surface area contributed by atoms with E-state index in [-0.39, 0.29) is 12.0 Å². The Kier molecular flexibility index (Phi) is 5.13. The van der Waals surface area contributed by atoms with Gasteiger partial charge in [-0.3, -0.25) is 9.69 Å². The van der Waals surface area contributed by atoms with E-state index in [0.717, 1.165) is 23.9 Å². The second-order valence-electron chi connectivity index (χ2n) is 6.04. The number of carboxylic acids is 1. The molecule has 3 rings (SSSR count). The lowest BCUT2D eigenvalue weighted by Gasteiger charge is -2.37. The van der Waals surface area contributed by atoms with Crippen LogP contribution in [0.3, 0.4) is 0 Å². The molecule has 0 amide bonds. The molecule has 0 saturated carbocycles. The number of aliphatic carboxylic acids is 1. The van der Waals surface area contributed by atoms with Gasteiger partial charge in [-0.05, 0) is 42.6 Å². The predicted octanol–water partition coefficient (Wildman–Crippen LogP) is 4.34. The van der Waals surface area contributed by atoms with Gasteiger partial charge in [-0.25, -0.2) is 0 Å². The first-order chi connectivity index (χ1) is 11.1. The van der Waals surface area contributed by atoms with E-state index in [1.54, 1.807) is 0 Å². The van der Waals surface area contributed by atoms with E-state index in [2.05, 4.69) is 45.1 Å². The van der Waals surface area contributed by atoms with Gasteiger partial charge in [0.2, 0.25) is 0 Å². The first kappa shape index (κ1) is 16.2. The third kappa shape index (κ3) is 3.82. The third-order valence-corrected chi connectivity index (χ3v) is 5.00. The van der Waals surface area contributed by atoms with Crippen LogP contribution in [-0.2, 0) is 4.79 Å². The van der Waals surface area contributed by atoms with Crippen molar-refractivity contribution in [2.75, 3.05) is 13.1 Å². The molecule has 1 aliphatic heterocycles. The molecule has 0 radical (unpaired) electrons. The molecule has 1 aliphatic rings. The monoisotopic (exact) mass is 373 g/mol. The Labute approximate surface area is 145 Å². The smallest absolute Gasteiger partial charge is 0.307 e. The predicted molar refractivity (Wildman–Crippen MR) is 94.4 cm³/mol. The molecule has 2 aromatic carbocycles. The molecule has 4 heteroatoms. The number of nitrogens with zero attached hydrogens (tertiary/aromatic N) is 1. The zero-order valence-electron chi connectivity index (χ0n) is 12.9. The summed E-state index contributed by atoms with van der Waals surface area (Å²) in [4.78, 5) is 13.7. The Bertz CT molecular complexity index is 657. The molecule has 1 heterocycles. The molecule has 1 saturated heterocycles. The largest absolute Gasteiger partial charge is 0.481 e. The molecule has 1 N–H and O–H groups in total. The first-order valence-corrected chi connectivity index (χ1v) is 8.71. The summed E-state index contributed by atoms with van der Waals surface area (Å²) in [7, 11) is 0. The molecule has 0 aliphatic carbocycles. The standard InChI is InChI=1S/C19H20BrNO2/c20-17-10-8-15(9-11-17)18(14-5-2-1-3-6-14)21-12-4-7-16(13-21)19(22)23/h1-3,5-6,8-11,16,18H,4,7,12-13H2,(H,22,23). The van der Waals surface area contributed by atoms with E-state index in [9.17, 15) is 9.90 Å². The highest BCUT2D eigenvalue weighted by Gasteiger charge is 2.31. The van der Waals surface area contributed by atoms with Crippen molar-refractivity contribution in [2.45, 2.75) is 18.9 Å². The minimum Gasteiger partial charge on any atom is -0.481 e.